The van der Waals surface area contributed by atoms with E-state index in [1.54, 1.807) is 13.0 Å². The number of rotatable bonds is 5. The Balaban J connectivity index is 2.55. The molecule has 0 bridgehead atoms. The summed E-state index contributed by atoms with van der Waals surface area (Å²) in [5.41, 5.74) is 0.483. The van der Waals surface area contributed by atoms with E-state index in [4.69, 9.17) is 11.6 Å². The predicted molar refractivity (Wildman–Crippen MR) is 64.2 cm³/mol. The maximum Gasteiger partial charge on any atom is 0.151 e. The van der Waals surface area contributed by atoms with Crippen LogP contribution < -0.4 is 5.32 Å². The zero-order valence-corrected chi connectivity index (χ0v) is 10.4. The maximum atomic E-state index is 12.9. The normalized spacial score (nSPS) is 11.4. The first-order chi connectivity index (χ1) is 7.43. The van der Waals surface area contributed by atoms with Gasteiger partial charge in [0.25, 0.3) is 0 Å². The summed E-state index contributed by atoms with van der Waals surface area (Å²) in [6.45, 7) is 1.84. The number of nitrogens with one attached hydrogen (secondary N) is 1. The molecule has 1 rings (SSSR count). The van der Waals surface area contributed by atoms with E-state index in [9.17, 15) is 12.8 Å². The van der Waals surface area contributed by atoms with E-state index in [1.807, 2.05) is 0 Å². The van der Waals surface area contributed by atoms with Crippen LogP contribution in [0.4, 0.5) is 10.1 Å². The van der Waals surface area contributed by atoms with Crippen molar-refractivity contribution in [3.05, 3.63) is 29.0 Å². The Labute approximate surface area is 99.5 Å². The molecule has 1 aromatic rings. The molecule has 0 saturated heterocycles. The van der Waals surface area contributed by atoms with E-state index in [2.05, 4.69) is 5.32 Å². The van der Waals surface area contributed by atoms with Gasteiger partial charge in [-0.05, 0) is 18.2 Å². The van der Waals surface area contributed by atoms with Gasteiger partial charge >= 0.3 is 0 Å². The van der Waals surface area contributed by atoms with E-state index < -0.39 is 15.7 Å². The Kier molecular flexibility index (Phi) is 4.56. The van der Waals surface area contributed by atoms with Crippen molar-refractivity contribution in [2.75, 3.05) is 23.4 Å². The lowest BCUT2D eigenvalue weighted by atomic mass is 10.3. The van der Waals surface area contributed by atoms with Crippen LogP contribution in [0.2, 0.25) is 5.02 Å². The van der Waals surface area contributed by atoms with Crippen LogP contribution in [-0.4, -0.2) is 26.5 Å². The first-order valence-corrected chi connectivity index (χ1v) is 7.03. The van der Waals surface area contributed by atoms with Crippen molar-refractivity contribution >= 4 is 27.1 Å². The summed E-state index contributed by atoms with van der Waals surface area (Å²) in [4.78, 5) is 0. The average Bonchev–Trinajstić information content (AvgIpc) is 2.16. The molecule has 0 aliphatic rings. The molecular formula is C10H13ClFNO2S. The molecule has 0 aliphatic carbocycles. The van der Waals surface area contributed by atoms with E-state index in [0.717, 1.165) is 0 Å². The molecule has 0 unspecified atom stereocenters. The minimum atomic E-state index is -3.00. The molecule has 3 nitrogen and oxygen atoms in total. The highest BCUT2D eigenvalue weighted by molar-refractivity contribution is 7.91. The van der Waals surface area contributed by atoms with Crippen molar-refractivity contribution in [3.63, 3.8) is 0 Å². The highest BCUT2D eigenvalue weighted by Crippen LogP contribution is 2.17. The van der Waals surface area contributed by atoms with Crippen molar-refractivity contribution < 1.29 is 12.8 Å². The van der Waals surface area contributed by atoms with Crippen molar-refractivity contribution in [2.24, 2.45) is 0 Å². The van der Waals surface area contributed by atoms with Crippen molar-refractivity contribution in [1.29, 1.82) is 0 Å². The molecule has 0 atom stereocenters. The third kappa shape index (κ3) is 4.37. The topological polar surface area (TPSA) is 46.2 Å². The molecular weight excluding hydrogens is 253 g/mol. The molecule has 1 N–H and O–H groups in total. The van der Waals surface area contributed by atoms with Crippen LogP contribution in [0.3, 0.4) is 0 Å². The van der Waals surface area contributed by atoms with Crippen molar-refractivity contribution in [1.82, 2.24) is 0 Å². The molecule has 6 heteroatoms. The summed E-state index contributed by atoms with van der Waals surface area (Å²) < 4.78 is 35.3. The van der Waals surface area contributed by atoms with E-state index in [0.29, 0.717) is 5.69 Å². The van der Waals surface area contributed by atoms with Crippen LogP contribution in [0.15, 0.2) is 18.2 Å². The summed E-state index contributed by atoms with van der Waals surface area (Å²) >= 11 is 5.65. The third-order valence-electron chi connectivity index (χ3n) is 2.04. The number of hydrogen-bond acceptors (Lipinski definition) is 3. The monoisotopic (exact) mass is 265 g/mol. The van der Waals surface area contributed by atoms with Crippen LogP contribution in [0.25, 0.3) is 0 Å². The average molecular weight is 266 g/mol. The second-order valence-electron chi connectivity index (χ2n) is 3.32. The van der Waals surface area contributed by atoms with Crippen molar-refractivity contribution in [3.8, 4) is 0 Å². The molecule has 0 aromatic heterocycles. The predicted octanol–water partition coefficient (Wildman–Crippen LogP) is 2.33. The largest absolute Gasteiger partial charge is 0.384 e. The van der Waals surface area contributed by atoms with Gasteiger partial charge in [0, 0.05) is 23.0 Å². The minimum absolute atomic E-state index is 0.0254. The number of halogens is 2. The van der Waals surface area contributed by atoms with E-state index >= 15 is 0 Å². The van der Waals surface area contributed by atoms with Gasteiger partial charge in [-0.2, -0.15) is 0 Å². The Bertz CT molecular complexity index is 442. The lowest BCUT2D eigenvalue weighted by Crippen LogP contribution is -2.17. The highest BCUT2D eigenvalue weighted by Gasteiger charge is 2.06. The fraction of sp³-hybridized carbons (Fsp3) is 0.400. The molecule has 0 spiro atoms. The SMILES string of the molecule is CCS(=O)(=O)CCNc1cc(F)cc(Cl)c1. The summed E-state index contributed by atoms with van der Waals surface area (Å²) in [7, 11) is -3.00. The first-order valence-electron chi connectivity index (χ1n) is 4.83. The number of sulfone groups is 1. The standard InChI is InChI=1S/C10H13ClFNO2S/c1-2-16(14,15)4-3-13-10-6-8(11)5-9(12)7-10/h5-7,13H,2-4H2,1H3. The lowest BCUT2D eigenvalue weighted by molar-refractivity contribution is 0.597. The zero-order chi connectivity index (χ0) is 12.2. The molecule has 0 heterocycles. The third-order valence-corrected chi connectivity index (χ3v) is 3.97. The number of anilines is 1. The summed E-state index contributed by atoms with van der Waals surface area (Å²) in [6.07, 6.45) is 0. The van der Waals surface area contributed by atoms with Gasteiger partial charge in [-0.25, -0.2) is 12.8 Å². The second kappa shape index (κ2) is 5.50. The Morgan fingerprint density at radius 3 is 2.62 bits per heavy atom. The van der Waals surface area contributed by atoms with Gasteiger partial charge in [0.05, 0.1) is 5.75 Å². The fourth-order valence-corrected chi connectivity index (χ4v) is 2.07. The molecule has 0 amide bonds. The smallest absolute Gasteiger partial charge is 0.151 e. The Morgan fingerprint density at radius 2 is 2.06 bits per heavy atom. The minimum Gasteiger partial charge on any atom is -0.384 e. The van der Waals surface area contributed by atoms with Crippen LogP contribution in [-0.2, 0) is 9.84 Å². The zero-order valence-electron chi connectivity index (χ0n) is 8.83. The van der Waals surface area contributed by atoms with Crippen LogP contribution in [0, 0.1) is 5.82 Å². The summed E-state index contributed by atoms with van der Waals surface area (Å²) in [5.74, 6) is -0.315. The van der Waals surface area contributed by atoms with Gasteiger partial charge in [-0.3, -0.25) is 0 Å². The van der Waals surface area contributed by atoms with Gasteiger partial charge in [0.2, 0.25) is 0 Å². The molecule has 0 radical (unpaired) electrons. The molecule has 0 aliphatic heterocycles. The Morgan fingerprint density at radius 1 is 1.38 bits per heavy atom. The molecule has 90 valence electrons. The quantitative estimate of drug-likeness (QED) is 0.889. The highest BCUT2D eigenvalue weighted by atomic mass is 35.5. The number of benzene rings is 1. The van der Waals surface area contributed by atoms with Gasteiger partial charge in [-0.1, -0.05) is 18.5 Å². The van der Waals surface area contributed by atoms with Gasteiger partial charge < -0.3 is 5.32 Å². The van der Waals surface area contributed by atoms with Crippen LogP contribution >= 0.6 is 11.6 Å². The number of hydrogen-bond donors (Lipinski definition) is 1. The molecule has 0 fully saturated rings. The van der Waals surface area contributed by atoms with Gasteiger partial charge in [0.1, 0.15) is 5.82 Å². The first kappa shape index (κ1) is 13.3. The van der Waals surface area contributed by atoms with E-state index in [-0.39, 0.29) is 23.1 Å². The molecule has 1 aromatic carbocycles. The van der Waals surface area contributed by atoms with Crippen LogP contribution in [0.1, 0.15) is 6.92 Å². The van der Waals surface area contributed by atoms with E-state index in [1.165, 1.54) is 12.1 Å². The van der Waals surface area contributed by atoms with Gasteiger partial charge in [-0.15, -0.1) is 0 Å². The summed E-state index contributed by atoms with van der Waals surface area (Å²) in [5, 5.41) is 3.09. The molecule has 16 heavy (non-hydrogen) atoms. The molecule has 0 saturated carbocycles. The van der Waals surface area contributed by atoms with Crippen molar-refractivity contribution in [2.45, 2.75) is 6.92 Å². The summed E-state index contributed by atoms with van der Waals surface area (Å²) in [6, 6.07) is 4.00. The maximum absolute atomic E-state index is 12.9. The second-order valence-corrected chi connectivity index (χ2v) is 6.23. The lowest BCUT2D eigenvalue weighted by Gasteiger charge is -2.06. The fourth-order valence-electron chi connectivity index (χ4n) is 1.15. The van der Waals surface area contributed by atoms with Gasteiger partial charge in [0.15, 0.2) is 9.84 Å². The Hall–Kier alpha value is -0.810. The van der Waals surface area contributed by atoms with Crippen LogP contribution in [0.5, 0.6) is 0 Å².